The van der Waals surface area contributed by atoms with Gasteiger partial charge in [-0.05, 0) is 58.0 Å². The van der Waals surface area contributed by atoms with Gasteiger partial charge in [0.2, 0.25) is 10.3 Å². The number of benzene rings is 2. The highest BCUT2D eigenvalue weighted by Gasteiger charge is 2.10. The zero-order chi connectivity index (χ0) is 19.0. The Labute approximate surface area is 170 Å². The van der Waals surface area contributed by atoms with E-state index in [0.29, 0.717) is 0 Å². The molecule has 0 aliphatic rings. The zero-order valence-electron chi connectivity index (χ0n) is 15.0. The van der Waals surface area contributed by atoms with Gasteiger partial charge in [-0.2, -0.15) is 9.36 Å². The summed E-state index contributed by atoms with van der Waals surface area (Å²) in [5, 5.41) is 25.6. The Bertz CT molecular complexity index is 905. The largest absolute Gasteiger partial charge is 0.214 e. The number of para-hydroxylation sites is 2. The molecule has 142 valence electrons. The third-order valence-corrected chi connectivity index (χ3v) is 5.90. The smallest absolute Gasteiger partial charge is 0.188 e. The lowest BCUT2D eigenvalue weighted by molar-refractivity contribution is 0.754. The molecule has 2 heterocycles. The lowest BCUT2D eigenvalue weighted by Gasteiger charge is -2.05. The summed E-state index contributed by atoms with van der Waals surface area (Å²) in [6.45, 7) is 0. The first-order valence-corrected chi connectivity index (χ1v) is 10.8. The second kappa shape index (κ2) is 9.47. The Morgan fingerprint density at radius 3 is 1.46 bits per heavy atom. The van der Waals surface area contributed by atoms with E-state index < -0.39 is 0 Å². The van der Waals surface area contributed by atoms with Crippen molar-refractivity contribution >= 4 is 23.5 Å². The number of hydrogen-bond acceptors (Lipinski definition) is 8. The summed E-state index contributed by atoms with van der Waals surface area (Å²) < 4.78 is 3.54. The van der Waals surface area contributed by atoms with Gasteiger partial charge in [0, 0.05) is 11.5 Å². The first kappa shape index (κ1) is 18.6. The molecular weight excluding hydrogens is 392 g/mol. The minimum absolute atomic E-state index is 0.812. The van der Waals surface area contributed by atoms with Crippen LogP contribution >= 0.6 is 23.5 Å². The van der Waals surface area contributed by atoms with Crippen molar-refractivity contribution in [1.29, 1.82) is 0 Å². The molecule has 8 nitrogen and oxygen atoms in total. The van der Waals surface area contributed by atoms with Crippen molar-refractivity contribution in [3.63, 3.8) is 0 Å². The average molecular weight is 411 g/mol. The van der Waals surface area contributed by atoms with Gasteiger partial charge in [0.25, 0.3) is 0 Å². The van der Waals surface area contributed by atoms with Crippen LogP contribution < -0.4 is 0 Å². The molecule has 0 bridgehead atoms. The molecule has 0 amide bonds. The molecule has 0 saturated carbocycles. The molecule has 28 heavy (non-hydrogen) atoms. The zero-order valence-corrected chi connectivity index (χ0v) is 16.6. The summed E-state index contributed by atoms with van der Waals surface area (Å²) >= 11 is 3.34. The van der Waals surface area contributed by atoms with Crippen LogP contribution in [0.2, 0.25) is 0 Å². The van der Waals surface area contributed by atoms with Crippen LogP contribution in [-0.4, -0.2) is 51.9 Å². The number of rotatable bonds is 9. The van der Waals surface area contributed by atoms with Crippen LogP contribution in [0.4, 0.5) is 0 Å². The SMILES string of the molecule is c1ccc(-n2nnnc2SCCCCSc2nnnn2-c2ccccc2)cc1. The van der Waals surface area contributed by atoms with Gasteiger partial charge in [-0.25, -0.2) is 0 Å². The van der Waals surface area contributed by atoms with E-state index in [9.17, 15) is 0 Å². The predicted molar refractivity (Wildman–Crippen MR) is 109 cm³/mol. The molecule has 0 aliphatic heterocycles. The Morgan fingerprint density at radius 1 is 0.607 bits per heavy atom. The Hall–Kier alpha value is -2.72. The first-order valence-electron chi connectivity index (χ1n) is 8.85. The Kier molecular flexibility index (Phi) is 6.30. The van der Waals surface area contributed by atoms with Crippen LogP contribution in [0.5, 0.6) is 0 Å². The predicted octanol–water partition coefficient (Wildman–Crippen LogP) is 3.30. The fraction of sp³-hybridized carbons (Fsp3) is 0.222. The van der Waals surface area contributed by atoms with Crippen LogP contribution in [0.3, 0.4) is 0 Å². The monoisotopic (exact) mass is 410 g/mol. The summed E-state index contributed by atoms with van der Waals surface area (Å²) in [6, 6.07) is 19.8. The van der Waals surface area contributed by atoms with E-state index >= 15 is 0 Å². The molecular formula is C18H18N8S2. The van der Waals surface area contributed by atoms with E-state index in [-0.39, 0.29) is 0 Å². The fourth-order valence-electron chi connectivity index (χ4n) is 2.53. The second-order valence-corrected chi connectivity index (χ2v) is 7.95. The van der Waals surface area contributed by atoms with Crippen molar-refractivity contribution in [1.82, 2.24) is 40.4 Å². The van der Waals surface area contributed by atoms with Crippen molar-refractivity contribution in [3.8, 4) is 11.4 Å². The van der Waals surface area contributed by atoms with Gasteiger partial charge in [-0.1, -0.05) is 59.9 Å². The molecule has 0 fully saturated rings. The Morgan fingerprint density at radius 2 is 1.04 bits per heavy atom. The van der Waals surface area contributed by atoms with E-state index in [1.165, 1.54) is 0 Å². The van der Waals surface area contributed by atoms with Crippen molar-refractivity contribution < 1.29 is 0 Å². The normalized spacial score (nSPS) is 11.0. The molecule has 10 heteroatoms. The molecule has 0 saturated heterocycles. The molecule has 0 atom stereocenters. The topological polar surface area (TPSA) is 87.2 Å². The van der Waals surface area contributed by atoms with Crippen molar-refractivity contribution in [3.05, 3.63) is 60.7 Å². The minimum atomic E-state index is 0.812. The highest BCUT2D eigenvalue weighted by atomic mass is 32.2. The van der Waals surface area contributed by atoms with Crippen LogP contribution in [0.1, 0.15) is 12.8 Å². The van der Waals surface area contributed by atoms with Gasteiger partial charge in [0.05, 0.1) is 11.4 Å². The first-order chi connectivity index (χ1) is 13.9. The van der Waals surface area contributed by atoms with Crippen LogP contribution in [0.25, 0.3) is 11.4 Å². The maximum absolute atomic E-state index is 4.13. The molecule has 0 unspecified atom stereocenters. The van der Waals surface area contributed by atoms with E-state index in [1.54, 1.807) is 32.9 Å². The summed E-state index contributed by atoms with van der Waals surface area (Å²) in [4.78, 5) is 0. The van der Waals surface area contributed by atoms with Gasteiger partial charge in [-0.3, -0.25) is 0 Å². The summed E-state index contributed by atoms with van der Waals surface area (Å²) in [6.07, 6.45) is 2.12. The van der Waals surface area contributed by atoms with Gasteiger partial charge in [0.15, 0.2) is 0 Å². The summed E-state index contributed by atoms with van der Waals surface area (Å²) in [7, 11) is 0. The molecule has 0 aliphatic carbocycles. The van der Waals surface area contributed by atoms with Crippen molar-refractivity contribution in [2.45, 2.75) is 23.2 Å². The van der Waals surface area contributed by atoms with Gasteiger partial charge in [-0.15, -0.1) is 10.2 Å². The minimum Gasteiger partial charge on any atom is -0.188 e. The van der Waals surface area contributed by atoms with Gasteiger partial charge < -0.3 is 0 Å². The molecule has 4 rings (SSSR count). The summed E-state index contributed by atoms with van der Waals surface area (Å²) in [5.74, 6) is 1.91. The van der Waals surface area contributed by atoms with Gasteiger partial charge in [0.1, 0.15) is 0 Å². The van der Waals surface area contributed by atoms with Crippen molar-refractivity contribution in [2.75, 3.05) is 11.5 Å². The second-order valence-electron chi connectivity index (χ2n) is 5.82. The molecule has 0 N–H and O–H groups in total. The lowest BCUT2D eigenvalue weighted by atomic mass is 10.3. The van der Waals surface area contributed by atoms with E-state index in [0.717, 1.165) is 46.0 Å². The molecule has 4 aromatic rings. The number of aromatic nitrogens is 8. The Balaban J connectivity index is 1.23. The third kappa shape index (κ3) is 4.57. The fourth-order valence-corrected chi connectivity index (χ4v) is 4.31. The van der Waals surface area contributed by atoms with E-state index in [4.69, 9.17) is 0 Å². The highest BCUT2D eigenvalue weighted by molar-refractivity contribution is 7.99. The lowest BCUT2D eigenvalue weighted by Crippen LogP contribution is -1.99. The molecule has 2 aromatic carbocycles. The number of hydrogen-bond donors (Lipinski definition) is 0. The maximum atomic E-state index is 4.13. The number of thioether (sulfide) groups is 2. The molecule has 2 aromatic heterocycles. The van der Waals surface area contributed by atoms with Crippen LogP contribution in [-0.2, 0) is 0 Å². The van der Waals surface area contributed by atoms with Crippen LogP contribution in [0, 0.1) is 0 Å². The van der Waals surface area contributed by atoms with Gasteiger partial charge >= 0.3 is 0 Å². The maximum Gasteiger partial charge on any atom is 0.214 e. The van der Waals surface area contributed by atoms with E-state index in [1.807, 2.05) is 60.7 Å². The third-order valence-electron chi connectivity index (χ3n) is 3.88. The molecule has 0 radical (unpaired) electrons. The summed E-state index contributed by atoms with van der Waals surface area (Å²) in [5.41, 5.74) is 1.94. The standard InChI is InChI=1S/C18H18N8S2/c1-3-9-15(10-4-1)25-17(19-21-23-25)27-13-7-8-14-28-18-20-22-24-26(18)16-11-5-2-6-12-16/h1-6,9-12H,7-8,13-14H2. The molecule has 0 spiro atoms. The van der Waals surface area contributed by atoms with Crippen molar-refractivity contribution in [2.24, 2.45) is 0 Å². The number of unbranched alkanes of at least 4 members (excludes halogenated alkanes) is 1. The average Bonchev–Trinajstić information content (AvgIpc) is 3.41. The number of nitrogens with zero attached hydrogens (tertiary/aromatic N) is 8. The van der Waals surface area contributed by atoms with Crippen LogP contribution in [0.15, 0.2) is 71.0 Å². The quantitative estimate of drug-likeness (QED) is 0.307. The highest BCUT2D eigenvalue weighted by Crippen LogP contribution is 2.22. The number of tetrazole rings is 2. The van der Waals surface area contributed by atoms with E-state index in [2.05, 4.69) is 31.1 Å².